The molecule has 0 aliphatic carbocycles. The summed E-state index contributed by atoms with van der Waals surface area (Å²) in [5, 5.41) is 10.9. The molecule has 0 bridgehead atoms. The second kappa shape index (κ2) is 10.8. The van der Waals surface area contributed by atoms with Crippen LogP contribution in [-0.4, -0.2) is 10.1 Å². The Balaban J connectivity index is 2.32. The fraction of sp³-hybridized carbons (Fsp3) is 0.345. The molecule has 0 radical (unpaired) electrons. The van der Waals surface area contributed by atoms with Gasteiger partial charge in [-0.2, -0.15) is 0 Å². The number of rotatable bonds is 8. The second-order valence-corrected chi connectivity index (χ2v) is 8.98. The summed E-state index contributed by atoms with van der Waals surface area (Å²) in [5.41, 5.74) is 6.11. The van der Waals surface area contributed by atoms with Gasteiger partial charge >= 0.3 is 0 Å². The van der Waals surface area contributed by atoms with Gasteiger partial charge in [-0.15, -0.1) is 0 Å². The summed E-state index contributed by atoms with van der Waals surface area (Å²) in [7, 11) is 0. The van der Waals surface area contributed by atoms with Gasteiger partial charge in [-0.3, -0.25) is 4.98 Å². The highest BCUT2D eigenvalue weighted by molar-refractivity contribution is 5.84. The number of ether oxygens (including phenoxy) is 1. The zero-order valence-electron chi connectivity index (χ0n) is 20.4. The number of hydrogen-bond acceptors (Lipinski definition) is 3. The predicted molar refractivity (Wildman–Crippen MR) is 134 cm³/mol. The summed E-state index contributed by atoms with van der Waals surface area (Å²) < 4.78 is 20.5. The lowest BCUT2D eigenvalue weighted by molar-refractivity contribution is 0.197. The molecule has 4 heteroatoms. The maximum atomic E-state index is 14.4. The first-order valence-corrected chi connectivity index (χ1v) is 11.6. The van der Waals surface area contributed by atoms with Gasteiger partial charge in [0.05, 0.1) is 11.8 Å². The molecule has 0 fully saturated rings. The van der Waals surface area contributed by atoms with E-state index in [1.807, 2.05) is 49.4 Å². The number of pyridine rings is 1. The van der Waals surface area contributed by atoms with Gasteiger partial charge in [0.2, 0.25) is 0 Å². The van der Waals surface area contributed by atoms with Crippen LogP contribution in [0.25, 0.3) is 17.2 Å². The molecule has 33 heavy (non-hydrogen) atoms. The summed E-state index contributed by atoms with van der Waals surface area (Å²) >= 11 is 0. The van der Waals surface area contributed by atoms with Crippen molar-refractivity contribution in [3.05, 3.63) is 88.5 Å². The van der Waals surface area contributed by atoms with Crippen molar-refractivity contribution in [3.63, 3.8) is 0 Å². The Labute approximate surface area is 197 Å². The van der Waals surface area contributed by atoms with E-state index < -0.39 is 6.10 Å². The van der Waals surface area contributed by atoms with Crippen LogP contribution in [0, 0.1) is 5.82 Å². The van der Waals surface area contributed by atoms with Crippen molar-refractivity contribution in [1.29, 1.82) is 0 Å². The molecule has 0 saturated carbocycles. The fourth-order valence-electron chi connectivity index (χ4n) is 4.14. The molecule has 3 aromatic rings. The number of aliphatic hydroxyl groups is 1. The van der Waals surface area contributed by atoms with E-state index in [-0.39, 0.29) is 17.7 Å². The Morgan fingerprint density at radius 1 is 0.970 bits per heavy atom. The number of hydrogen-bond donors (Lipinski definition) is 1. The monoisotopic (exact) mass is 447 g/mol. The zero-order chi connectivity index (χ0) is 24.1. The number of halogens is 1. The molecule has 0 spiro atoms. The highest BCUT2D eigenvalue weighted by atomic mass is 19.1. The van der Waals surface area contributed by atoms with E-state index in [9.17, 15) is 9.50 Å². The third kappa shape index (κ3) is 5.51. The zero-order valence-corrected chi connectivity index (χ0v) is 20.4. The van der Waals surface area contributed by atoms with Crippen LogP contribution in [0.4, 0.5) is 4.39 Å². The smallest absolute Gasteiger partial charge is 0.130 e. The number of nitrogens with zero attached hydrogens (tertiary/aromatic N) is 1. The average Bonchev–Trinajstić information content (AvgIpc) is 2.78. The minimum Gasteiger partial charge on any atom is -0.488 e. The Bertz CT molecular complexity index is 1120. The van der Waals surface area contributed by atoms with Crippen LogP contribution in [0.1, 0.15) is 87.6 Å². The Hall–Kier alpha value is -2.98. The number of aliphatic hydroxyl groups excluding tert-OH is 1. The SMILES string of the molecule is C/C=C/c1c(C(C)C)nc(C(C)C)c(C(C)O)c1-c1ccc(F)cc1OCc1ccccc1. The normalized spacial score (nSPS) is 12.7. The lowest BCUT2D eigenvalue weighted by atomic mass is 9.85. The summed E-state index contributed by atoms with van der Waals surface area (Å²) in [4.78, 5) is 5.01. The van der Waals surface area contributed by atoms with Gasteiger partial charge in [0.25, 0.3) is 0 Å². The largest absolute Gasteiger partial charge is 0.488 e. The summed E-state index contributed by atoms with van der Waals surface area (Å²) in [6, 6.07) is 14.4. The van der Waals surface area contributed by atoms with Crippen molar-refractivity contribution < 1.29 is 14.2 Å². The summed E-state index contributed by atoms with van der Waals surface area (Å²) in [5.74, 6) is 0.363. The average molecular weight is 448 g/mol. The van der Waals surface area contributed by atoms with E-state index in [4.69, 9.17) is 9.72 Å². The highest BCUT2D eigenvalue weighted by Crippen LogP contribution is 2.43. The molecule has 1 unspecified atom stereocenters. The van der Waals surface area contributed by atoms with Crippen molar-refractivity contribution in [2.24, 2.45) is 0 Å². The van der Waals surface area contributed by atoms with Crippen molar-refractivity contribution in [1.82, 2.24) is 4.98 Å². The third-order valence-electron chi connectivity index (χ3n) is 5.63. The topological polar surface area (TPSA) is 42.4 Å². The maximum Gasteiger partial charge on any atom is 0.130 e. The molecule has 0 saturated heterocycles. The minimum atomic E-state index is -0.748. The van der Waals surface area contributed by atoms with E-state index >= 15 is 0 Å². The Morgan fingerprint density at radius 2 is 1.64 bits per heavy atom. The first kappa shape index (κ1) is 24.7. The lowest BCUT2D eigenvalue weighted by Crippen LogP contribution is -2.13. The maximum absolute atomic E-state index is 14.4. The van der Waals surface area contributed by atoms with E-state index in [2.05, 4.69) is 27.7 Å². The van der Waals surface area contributed by atoms with E-state index in [0.717, 1.165) is 39.2 Å². The van der Waals surface area contributed by atoms with E-state index in [1.165, 1.54) is 12.1 Å². The molecule has 0 aliphatic heterocycles. The third-order valence-corrected chi connectivity index (χ3v) is 5.63. The minimum absolute atomic E-state index is 0.111. The number of allylic oxidation sites excluding steroid dienone is 1. The molecule has 1 heterocycles. The molecule has 1 aromatic heterocycles. The van der Waals surface area contributed by atoms with Gasteiger partial charge in [-0.25, -0.2) is 4.39 Å². The Kier molecular flexibility index (Phi) is 8.04. The molecule has 2 aromatic carbocycles. The van der Waals surface area contributed by atoms with Crippen molar-refractivity contribution in [2.75, 3.05) is 0 Å². The standard InChI is InChI=1S/C29H34FNO2/c1-7-11-24-27(26(20(6)32)29(19(4)5)31-28(24)18(2)3)23-15-14-22(30)16-25(23)33-17-21-12-9-8-10-13-21/h7-16,18-20,32H,17H2,1-6H3/b11-7+. The molecular formula is C29H34FNO2. The Morgan fingerprint density at radius 3 is 2.21 bits per heavy atom. The quantitative estimate of drug-likeness (QED) is 0.383. The molecule has 1 N–H and O–H groups in total. The second-order valence-electron chi connectivity index (χ2n) is 8.98. The van der Waals surface area contributed by atoms with Gasteiger partial charge in [0.1, 0.15) is 18.2 Å². The van der Waals surface area contributed by atoms with Gasteiger partial charge in [-0.1, -0.05) is 70.2 Å². The predicted octanol–water partition coefficient (Wildman–Crippen LogP) is 7.80. The number of benzene rings is 2. The molecule has 174 valence electrons. The molecule has 1 atom stereocenters. The van der Waals surface area contributed by atoms with Gasteiger partial charge in [-0.05, 0) is 43.4 Å². The first-order chi connectivity index (χ1) is 15.7. The van der Waals surface area contributed by atoms with Crippen LogP contribution >= 0.6 is 0 Å². The molecule has 0 aliphatic rings. The van der Waals surface area contributed by atoms with Crippen molar-refractivity contribution in [3.8, 4) is 16.9 Å². The van der Waals surface area contributed by atoms with Gasteiger partial charge < -0.3 is 9.84 Å². The molecular weight excluding hydrogens is 413 g/mol. The van der Waals surface area contributed by atoms with Crippen LogP contribution in [0.3, 0.4) is 0 Å². The van der Waals surface area contributed by atoms with Crippen LogP contribution in [0.2, 0.25) is 0 Å². The molecule has 0 amide bonds. The summed E-state index contributed by atoms with van der Waals surface area (Å²) in [6.45, 7) is 12.4. The highest BCUT2D eigenvalue weighted by Gasteiger charge is 2.26. The number of aromatic nitrogens is 1. The van der Waals surface area contributed by atoms with Gasteiger partial charge in [0, 0.05) is 34.0 Å². The van der Waals surface area contributed by atoms with Crippen LogP contribution < -0.4 is 4.74 Å². The lowest BCUT2D eigenvalue weighted by Gasteiger charge is -2.26. The van der Waals surface area contributed by atoms with Crippen LogP contribution in [0.5, 0.6) is 5.75 Å². The van der Waals surface area contributed by atoms with E-state index in [1.54, 1.807) is 13.0 Å². The van der Waals surface area contributed by atoms with Crippen LogP contribution in [-0.2, 0) is 6.61 Å². The van der Waals surface area contributed by atoms with Crippen molar-refractivity contribution >= 4 is 6.08 Å². The fourth-order valence-corrected chi connectivity index (χ4v) is 4.14. The van der Waals surface area contributed by atoms with Gasteiger partial charge in [0.15, 0.2) is 0 Å². The van der Waals surface area contributed by atoms with Crippen LogP contribution in [0.15, 0.2) is 54.6 Å². The molecule has 3 rings (SSSR count). The first-order valence-electron chi connectivity index (χ1n) is 11.6. The van der Waals surface area contributed by atoms with Crippen molar-refractivity contribution in [2.45, 2.75) is 66.1 Å². The summed E-state index contributed by atoms with van der Waals surface area (Å²) in [6.07, 6.45) is 3.25. The van der Waals surface area contributed by atoms with E-state index in [0.29, 0.717) is 12.4 Å². The molecule has 3 nitrogen and oxygen atoms in total.